The summed E-state index contributed by atoms with van der Waals surface area (Å²) in [5.41, 5.74) is 2.30. The first-order valence-corrected chi connectivity index (χ1v) is 16.1. The molecular formula is C35H35Cl2N5O5. The third kappa shape index (κ3) is 6.54. The van der Waals surface area contributed by atoms with Crippen LogP contribution in [0.2, 0.25) is 10.0 Å². The van der Waals surface area contributed by atoms with E-state index in [2.05, 4.69) is 5.32 Å². The molecule has 2 atom stereocenters. The van der Waals surface area contributed by atoms with E-state index in [1.54, 1.807) is 39.1 Å². The first kappa shape index (κ1) is 32.4. The Morgan fingerprint density at radius 1 is 0.936 bits per heavy atom. The first-order chi connectivity index (χ1) is 22.5. The molecule has 0 aliphatic carbocycles. The molecule has 2 fully saturated rings. The summed E-state index contributed by atoms with van der Waals surface area (Å²) >= 11 is 12.2. The summed E-state index contributed by atoms with van der Waals surface area (Å²) in [6, 6.07) is 21.8. The third-order valence-corrected chi connectivity index (χ3v) is 9.42. The van der Waals surface area contributed by atoms with Crippen molar-refractivity contribution in [2.75, 3.05) is 13.1 Å². The third-order valence-electron chi connectivity index (χ3n) is 8.68. The van der Waals surface area contributed by atoms with Gasteiger partial charge in [-0.15, -0.1) is 0 Å². The van der Waals surface area contributed by atoms with Crippen molar-refractivity contribution in [2.45, 2.75) is 51.6 Å². The van der Waals surface area contributed by atoms with Crippen LogP contribution < -0.4 is 5.32 Å². The van der Waals surface area contributed by atoms with Crippen molar-refractivity contribution >= 4 is 51.8 Å². The molecule has 10 nitrogen and oxygen atoms in total. The summed E-state index contributed by atoms with van der Waals surface area (Å²) in [6.45, 7) is 4.29. The summed E-state index contributed by atoms with van der Waals surface area (Å²) in [7, 11) is 0. The van der Waals surface area contributed by atoms with Crippen LogP contribution >= 0.6 is 23.2 Å². The lowest BCUT2D eigenvalue weighted by Gasteiger charge is -2.47. The number of benzene rings is 4. The second kappa shape index (κ2) is 13.3. The molecule has 2 saturated heterocycles. The molecule has 0 radical (unpaired) electrons. The molecule has 4 amide bonds. The van der Waals surface area contributed by atoms with Gasteiger partial charge in [-0.05, 0) is 65.6 Å². The van der Waals surface area contributed by atoms with Gasteiger partial charge in [0.25, 0.3) is 0 Å². The van der Waals surface area contributed by atoms with Gasteiger partial charge >= 0.3 is 6.03 Å². The van der Waals surface area contributed by atoms with Crippen LogP contribution in [0.5, 0.6) is 11.5 Å². The van der Waals surface area contributed by atoms with Gasteiger partial charge in [-0.3, -0.25) is 14.6 Å². The van der Waals surface area contributed by atoms with Crippen LogP contribution in [0.4, 0.5) is 4.79 Å². The second-order valence-corrected chi connectivity index (χ2v) is 12.9. The second-order valence-electron chi connectivity index (χ2n) is 12.1. The summed E-state index contributed by atoms with van der Waals surface area (Å²) in [4.78, 5) is 45.1. The van der Waals surface area contributed by atoms with Gasteiger partial charge in [0.15, 0.2) is 11.5 Å². The predicted molar refractivity (Wildman–Crippen MR) is 180 cm³/mol. The maximum Gasteiger partial charge on any atom is 0.332 e. The van der Waals surface area contributed by atoms with Gasteiger partial charge in [-0.2, -0.15) is 5.01 Å². The van der Waals surface area contributed by atoms with Crippen molar-refractivity contribution < 1.29 is 24.6 Å². The summed E-state index contributed by atoms with van der Waals surface area (Å²) in [6.07, 6.45) is -0.524. The maximum atomic E-state index is 14.3. The number of piperazine rings is 1. The monoisotopic (exact) mass is 675 g/mol. The quantitative estimate of drug-likeness (QED) is 0.212. The van der Waals surface area contributed by atoms with Crippen molar-refractivity contribution in [1.82, 2.24) is 25.1 Å². The predicted octanol–water partition coefficient (Wildman–Crippen LogP) is 5.52. The van der Waals surface area contributed by atoms with E-state index in [0.717, 1.165) is 21.9 Å². The minimum atomic E-state index is -0.904. The average Bonchev–Trinajstić information content (AvgIpc) is 3.36. The zero-order valence-corrected chi connectivity index (χ0v) is 27.4. The van der Waals surface area contributed by atoms with Crippen LogP contribution in [0.3, 0.4) is 0 Å². The number of hydrazine groups is 1. The number of carbonyl (C=O) groups is 3. The Morgan fingerprint density at radius 2 is 1.68 bits per heavy atom. The summed E-state index contributed by atoms with van der Waals surface area (Å²) in [5.74, 6) is -1.11. The van der Waals surface area contributed by atoms with Crippen LogP contribution in [0.25, 0.3) is 10.8 Å². The highest BCUT2D eigenvalue weighted by molar-refractivity contribution is 6.42. The normalized spacial score (nSPS) is 18.2. The number of halogens is 2. The van der Waals surface area contributed by atoms with E-state index in [1.165, 1.54) is 17.1 Å². The fourth-order valence-corrected chi connectivity index (χ4v) is 6.80. The molecule has 0 bridgehead atoms. The van der Waals surface area contributed by atoms with Gasteiger partial charge in [0.1, 0.15) is 12.2 Å². The Hall–Kier alpha value is -4.51. The summed E-state index contributed by atoms with van der Waals surface area (Å²) < 4.78 is 0. The molecule has 0 unspecified atom stereocenters. The molecule has 3 N–H and O–H groups in total. The molecule has 2 aliphatic rings. The van der Waals surface area contributed by atoms with Crippen molar-refractivity contribution in [3.8, 4) is 11.5 Å². The van der Waals surface area contributed by atoms with Crippen LogP contribution in [0.15, 0.2) is 78.9 Å². The van der Waals surface area contributed by atoms with Crippen LogP contribution in [-0.4, -0.2) is 79.2 Å². The number of amides is 4. The molecule has 0 aromatic heterocycles. The molecule has 6 rings (SSSR count). The lowest BCUT2D eigenvalue weighted by Crippen LogP contribution is -2.66. The Balaban J connectivity index is 1.32. The SMILES string of the molecule is CC(C)N(C(=O)NCc1ccc(Cl)c(Cl)c1)N1CC(=O)N2[C@@H](Cc3ccc(O)c(O)c3)C(=O)N(Cc3cccc4ccccc34)C[C@@H]21. The van der Waals surface area contributed by atoms with E-state index in [-0.39, 0.29) is 55.4 Å². The Bertz CT molecular complexity index is 1850. The van der Waals surface area contributed by atoms with Crippen molar-refractivity contribution in [2.24, 2.45) is 0 Å². The van der Waals surface area contributed by atoms with E-state index >= 15 is 0 Å². The van der Waals surface area contributed by atoms with E-state index in [9.17, 15) is 24.6 Å². The average molecular weight is 677 g/mol. The van der Waals surface area contributed by atoms with Gasteiger partial charge < -0.3 is 25.3 Å². The molecule has 4 aromatic carbocycles. The number of hydrogen-bond acceptors (Lipinski definition) is 6. The first-order valence-electron chi connectivity index (χ1n) is 15.4. The van der Waals surface area contributed by atoms with E-state index in [1.807, 2.05) is 56.3 Å². The standard InChI is InChI=1S/C35H35Cl2N5O5/c1-21(2)42(35(47)38-17-23-10-12-27(36)28(37)14-23)40-20-33(45)41-29(15-22-11-13-30(43)31(44)16-22)34(46)39(19-32(40)41)18-25-8-5-7-24-6-3-4-9-26(24)25/h3-14,16,21,29,32,43-44H,15,17-20H2,1-2H3,(H,38,47)/t29-,32+/m0/s1. The number of nitrogens with zero attached hydrogens (tertiary/aromatic N) is 4. The van der Waals surface area contributed by atoms with E-state index in [0.29, 0.717) is 22.2 Å². The van der Waals surface area contributed by atoms with Crippen LogP contribution in [0, 0.1) is 0 Å². The van der Waals surface area contributed by atoms with Gasteiger partial charge in [0.05, 0.1) is 23.1 Å². The zero-order chi connectivity index (χ0) is 33.4. The zero-order valence-electron chi connectivity index (χ0n) is 25.9. The minimum absolute atomic E-state index is 0.101. The van der Waals surface area contributed by atoms with Crippen molar-refractivity contribution in [3.05, 3.63) is 106 Å². The van der Waals surface area contributed by atoms with E-state index in [4.69, 9.17) is 23.2 Å². The molecule has 47 heavy (non-hydrogen) atoms. The number of nitrogens with one attached hydrogen (secondary N) is 1. The molecule has 4 aromatic rings. The molecule has 12 heteroatoms. The molecular weight excluding hydrogens is 641 g/mol. The molecule has 2 aliphatic heterocycles. The largest absolute Gasteiger partial charge is 0.504 e. The highest BCUT2D eigenvalue weighted by Gasteiger charge is 2.52. The number of aromatic hydroxyl groups is 2. The maximum absolute atomic E-state index is 14.3. The fourth-order valence-electron chi connectivity index (χ4n) is 6.48. The highest BCUT2D eigenvalue weighted by atomic mass is 35.5. The summed E-state index contributed by atoms with van der Waals surface area (Å²) in [5, 5.41) is 29.1. The lowest BCUT2D eigenvalue weighted by atomic mass is 9.98. The Labute approximate surface area is 282 Å². The van der Waals surface area contributed by atoms with Gasteiger partial charge in [0.2, 0.25) is 11.8 Å². The molecule has 2 heterocycles. The smallest absolute Gasteiger partial charge is 0.332 e. The number of phenolic OH excluding ortho intramolecular Hbond substituents is 2. The number of hydrogen-bond donors (Lipinski definition) is 3. The lowest BCUT2D eigenvalue weighted by molar-refractivity contribution is -0.158. The number of rotatable bonds is 8. The van der Waals surface area contributed by atoms with Gasteiger partial charge in [-0.1, -0.05) is 77.8 Å². The minimum Gasteiger partial charge on any atom is -0.504 e. The van der Waals surface area contributed by atoms with Gasteiger partial charge in [-0.25, -0.2) is 4.79 Å². The molecule has 244 valence electrons. The van der Waals surface area contributed by atoms with E-state index < -0.39 is 18.2 Å². The molecule has 0 saturated carbocycles. The van der Waals surface area contributed by atoms with Crippen molar-refractivity contribution in [3.63, 3.8) is 0 Å². The number of carbonyl (C=O) groups excluding carboxylic acids is 3. The Kier molecular flexibility index (Phi) is 9.18. The molecule has 0 spiro atoms. The van der Waals surface area contributed by atoms with Crippen molar-refractivity contribution in [1.29, 1.82) is 0 Å². The van der Waals surface area contributed by atoms with Crippen LogP contribution in [0.1, 0.15) is 30.5 Å². The van der Waals surface area contributed by atoms with Crippen LogP contribution in [-0.2, 0) is 29.1 Å². The fraction of sp³-hybridized carbons (Fsp3) is 0.286. The number of urea groups is 1. The topological polar surface area (TPSA) is 117 Å². The van der Waals surface area contributed by atoms with Gasteiger partial charge in [0, 0.05) is 25.6 Å². The highest BCUT2D eigenvalue weighted by Crippen LogP contribution is 2.33. The Morgan fingerprint density at radius 3 is 2.43 bits per heavy atom. The number of fused-ring (bicyclic) bond motifs is 2. The number of phenols is 2.